The summed E-state index contributed by atoms with van der Waals surface area (Å²) in [5, 5.41) is 8.36. The van der Waals surface area contributed by atoms with Crippen LogP contribution >= 0.6 is 11.3 Å². The van der Waals surface area contributed by atoms with E-state index in [1.165, 1.54) is 16.3 Å². The summed E-state index contributed by atoms with van der Waals surface area (Å²) in [4.78, 5) is 18.5. The first-order chi connectivity index (χ1) is 16.1. The predicted molar refractivity (Wildman–Crippen MR) is 136 cm³/mol. The minimum absolute atomic E-state index is 0.235. The van der Waals surface area contributed by atoms with Crippen LogP contribution in [-0.4, -0.2) is 24.2 Å². The van der Waals surface area contributed by atoms with Gasteiger partial charge in [-0.15, -0.1) is 0 Å². The van der Waals surface area contributed by atoms with Crippen LogP contribution in [-0.2, 0) is 0 Å². The molecule has 1 heterocycles. The number of nitrogens with zero attached hydrogens (tertiary/aromatic N) is 3. The second kappa shape index (κ2) is 8.84. The molecule has 5 nitrogen and oxygen atoms in total. The Labute approximate surface area is 195 Å². The van der Waals surface area contributed by atoms with Crippen molar-refractivity contribution in [2.24, 2.45) is 5.10 Å². The van der Waals surface area contributed by atoms with Gasteiger partial charge >= 0.3 is 0 Å². The van der Waals surface area contributed by atoms with Gasteiger partial charge in [0.25, 0.3) is 5.91 Å². The second-order valence-electron chi connectivity index (χ2n) is 7.63. The fourth-order valence-corrected chi connectivity index (χ4v) is 4.55. The Hall–Kier alpha value is -4.03. The highest BCUT2D eigenvalue weighted by molar-refractivity contribution is 7.22. The molecule has 0 fully saturated rings. The third kappa shape index (κ3) is 4.21. The maximum absolute atomic E-state index is 13.8. The highest BCUT2D eigenvalue weighted by atomic mass is 32.1. The van der Waals surface area contributed by atoms with Crippen LogP contribution in [0.2, 0.25) is 0 Å². The number of amides is 1. The number of aryl methyl sites for hydroxylation is 1. The third-order valence-electron chi connectivity index (χ3n) is 5.38. The zero-order valence-electron chi connectivity index (χ0n) is 18.2. The normalized spacial score (nSPS) is 11.3. The SMILES string of the molecule is COc1ccc2nc(N(/N=C/c3ccc(C)cc3)C(=O)c3cccc4ccccc34)sc2c1. The van der Waals surface area contributed by atoms with Crippen molar-refractivity contribution in [2.45, 2.75) is 6.92 Å². The highest BCUT2D eigenvalue weighted by Gasteiger charge is 2.22. The first-order valence-electron chi connectivity index (χ1n) is 10.5. The van der Waals surface area contributed by atoms with Crippen molar-refractivity contribution < 1.29 is 9.53 Å². The largest absolute Gasteiger partial charge is 0.497 e. The number of anilines is 1. The summed E-state index contributed by atoms with van der Waals surface area (Å²) >= 11 is 1.40. The summed E-state index contributed by atoms with van der Waals surface area (Å²) in [6.07, 6.45) is 1.69. The third-order valence-corrected chi connectivity index (χ3v) is 6.37. The number of aromatic nitrogens is 1. The van der Waals surface area contributed by atoms with Gasteiger partial charge in [0.1, 0.15) is 5.75 Å². The van der Waals surface area contributed by atoms with Crippen LogP contribution in [0.4, 0.5) is 5.13 Å². The van der Waals surface area contributed by atoms with E-state index in [-0.39, 0.29) is 5.91 Å². The molecule has 6 heteroatoms. The number of rotatable bonds is 5. The van der Waals surface area contributed by atoms with Crippen molar-refractivity contribution in [3.63, 3.8) is 0 Å². The lowest BCUT2D eigenvalue weighted by atomic mass is 10.0. The van der Waals surface area contributed by atoms with E-state index in [0.29, 0.717) is 10.7 Å². The number of methoxy groups -OCH3 is 1. The summed E-state index contributed by atoms with van der Waals surface area (Å²) < 4.78 is 6.26. The molecule has 5 rings (SSSR count). The molecule has 0 saturated carbocycles. The van der Waals surface area contributed by atoms with Crippen molar-refractivity contribution in [1.82, 2.24) is 4.98 Å². The Morgan fingerprint density at radius 1 is 1.00 bits per heavy atom. The van der Waals surface area contributed by atoms with Crippen molar-refractivity contribution >= 4 is 49.6 Å². The molecule has 0 aliphatic carbocycles. The minimum Gasteiger partial charge on any atom is -0.497 e. The van der Waals surface area contributed by atoms with E-state index in [1.807, 2.05) is 91.9 Å². The van der Waals surface area contributed by atoms with Gasteiger partial charge in [-0.1, -0.05) is 77.6 Å². The van der Waals surface area contributed by atoms with E-state index in [4.69, 9.17) is 9.72 Å². The predicted octanol–water partition coefficient (Wildman–Crippen LogP) is 6.45. The summed E-state index contributed by atoms with van der Waals surface area (Å²) in [6, 6.07) is 27.2. The molecule has 0 aliphatic rings. The number of benzene rings is 4. The average molecular weight is 452 g/mol. The molecule has 0 saturated heterocycles. The Morgan fingerprint density at radius 2 is 1.79 bits per heavy atom. The topological polar surface area (TPSA) is 54.8 Å². The molecule has 0 N–H and O–H groups in total. The van der Waals surface area contributed by atoms with Crippen LogP contribution in [0, 0.1) is 6.92 Å². The number of fused-ring (bicyclic) bond motifs is 2. The van der Waals surface area contributed by atoms with Gasteiger partial charge in [0.05, 0.1) is 23.5 Å². The lowest BCUT2D eigenvalue weighted by molar-refractivity contribution is 0.0989. The van der Waals surface area contributed by atoms with Crippen LogP contribution < -0.4 is 9.75 Å². The monoisotopic (exact) mass is 451 g/mol. The van der Waals surface area contributed by atoms with Gasteiger partial charge in [-0.05, 0) is 47.5 Å². The second-order valence-corrected chi connectivity index (χ2v) is 8.64. The van der Waals surface area contributed by atoms with E-state index in [9.17, 15) is 4.79 Å². The van der Waals surface area contributed by atoms with E-state index < -0.39 is 0 Å². The standard InChI is InChI=1S/C27H21N3O2S/c1-18-10-12-19(13-11-18)17-28-30(27-29-24-15-14-21(32-2)16-25(24)33-27)26(31)23-9-5-7-20-6-3-4-8-22(20)23/h3-17H,1-2H3/b28-17+. The molecular formula is C27H21N3O2S. The molecule has 5 aromatic rings. The molecule has 33 heavy (non-hydrogen) atoms. The van der Waals surface area contributed by atoms with Crippen molar-refractivity contribution in [1.29, 1.82) is 0 Å². The summed E-state index contributed by atoms with van der Waals surface area (Å²) in [7, 11) is 1.63. The van der Waals surface area contributed by atoms with Gasteiger partial charge in [0.2, 0.25) is 5.13 Å². The Bertz CT molecular complexity index is 1480. The maximum Gasteiger partial charge on any atom is 0.281 e. The molecule has 1 aromatic heterocycles. The Balaban J connectivity index is 1.61. The molecule has 4 aromatic carbocycles. The quantitative estimate of drug-likeness (QED) is 0.228. The molecule has 162 valence electrons. The van der Waals surface area contributed by atoms with Gasteiger partial charge in [0, 0.05) is 5.56 Å². The number of hydrogen-bond donors (Lipinski definition) is 0. The fourth-order valence-electron chi connectivity index (χ4n) is 3.60. The van der Waals surface area contributed by atoms with Crippen LogP contribution in [0.3, 0.4) is 0 Å². The highest BCUT2D eigenvalue weighted by Crippen LogP contribution is 2.33. The smallest absolute Gasteiger partial charge is 0.281 e. The Morgan fingerprint density at radius 3 is 2.61 bits per heavy atom. The zero-order valence-corrected chi connectivity index (χ0v) is 19.0. The van der Waals surface area contributed by atoms with Gasteiger partial charge in [-0.25, -0.2) is 4.98 Å². The van der Waals surface area contributed by atoms with E-state index in [0.717, 1.165) is 37.9 Å². The number of hydrogen-bond acceptors (Lipinski definition) is 5. The molecule has 0 spiro atoms. The zero-order chi connectivity index (χ0) is 22.8. The maximum atomic E-state index is 13.8. The van der Waals surface area contributed by atoms with Crippen LogP contribution in [0.15, 0.2) is 90.0 Å². The number of carbonyl (C=O) groups excluding carboxylic acids is 1. The molecule has 0 atom stereocenters. The number of hydrazone groups is 1. The molecule has 0 unspecified atom stereocenters. The van der Waals surface area contributed by atoms with Crippen LogP contribution in [0.1, 0.15) is 21.5 Å². The lowest BCUT2D eigenvalue weighted by Crippen LogP contribution is -2.25. The summed E-state index contributed by atoms with van der Waals surface area (Å²) in [5.74, 6) is 0.508. The number of carbonyl (C=O) groups is 1. The Kier molecular flexibility index (Phi) is 5.59. The minimum atomic E-state index is -0.235. The van der Waals surface area contributed by atoms with Crippen molar-refractivity contribution in [3.05, 3.63) is 102 Å². The average Bonchev–Trinajstić information content (AvgIpc) is 3.27. The number of ether oxygens (including phenoxy) is 1. The van der Waals surface area contributed by atoms with E-state index in [2.05, 4.69) is 5.10 Å². The van der Waals surface area contributed by atoms with E-state index >= 15 is 0 Å². The van der Waals surface area contributed by atoms with Gasteiger partial charge < -0.3 is 4.74 Å². The summed E-state index contributed by atoms with van der Waals surface area (Å²) in [6.45, 7) is 2.03. The van der Waals surface area contributed by atoms with Crippen LogP contribution in [0.5, 0.6) is 5.75 Å². The first-order valence-corrected chi connectivity index (χ1v) is 11.3. The molecular weight excluding hydrogens is 430 g/mol. The molecule has 1 amide bonds. The summed E-state index contributed by atoms with van der Waals surface area (Å²) in [5.41, 5.74) is 3.43. The molecule has 0 aliphatic heterocycles. The van der Waals surface area contributed by atoms with Gasteiger partial charge in [-0.2, -0.15) is 10.1 Å². The lowest BCUT2D eigenvalue weighted by Gasteiger charge is -2.15. The van der Waals surface area contributed by atoms with Crippen molar-refractivity contribution in [3.8, 4) is 5.75 Å². The van der Waals surface area contributed by atoms with Gasteiger partial charge in [-0.3, -0.25) is 4.79 Å². The molecule has 0 radical (unpaired) electrons. The van der Waals surface area contributed by atoms with E-state index in [1.54, 1.807) is 13.3 Å². The van der Waals surface area contributed by atoms with Crippen LogP contribution in [0.25, 0.3) is 21.0 Å². The van der Waals surface area contributed by atoms with Gasteiger partial charge in [0.15, 0.2) is 0 Å². The fraction of sp³-hybridized carbons (Fsp3) is 0.0741. The first kappa shape index (κ1) is 20.8. The number of thiazole rings is 1. The molecule has 0 bridgehead atoms. The van der Waals surface area contributed by atoms with Crippen molar-refractivity contribution in [2.75, 3.05) is 12.1 Å².